The number of hydrogen-bond acceptors (Lipinski definition) is 4. The van der Waals surface area contributed by atoms with Crippen LogP contribution in [0.5, 0.6) is 5.75 Å². The monoisotopic (exact) mass is 255 g/mol. The van der Waals surface area contributed by atoms with Crippen LogP contribution in [0.4, 0.5) is 5.69 Å². The number of hydrogen-bond donors (Lipinski definition) is 2. The Balaban J connectivity index is 2.25. The van der Waals surface area contributed by atoms with Crippen LogP contribution in [-0.2, 0) is 0 Å². The van der Waals surface area contributed by atoms with E-state index in [1.807, 2.05) is 24.3 Å². The molecule has 0 fully saturated rings. The van der Waals surface area contributed by atoms with Crippen LogP contribution in [0, 0.1) is 10.1 Å². The first-order valence-corrected chi connectivity index (χ1v) is 5.57. The predicted molar refractivity (Wildman–Crippen MR) is 69.8 cm³/mol. The van der Waals surface area contributed by atoms with Crippen LogP contribution in [0.3, 0.4) is 0 Å². The Kier molecular flexibility index (Phi) is 2.42. The van der Waals surface area contributed by atoms with Gasteiger partial charge in [0.25, 0.3) is 5.69 Å². The molecule has 2 N–H and O–H groups in total. The van der Waals surface area contributed by atoms with Gasteiger partial charge in [-0.15, -0.1) is 0 Å². The summed E-state index contributed by atoms with van der Waals surface area (Å²) in [7, 11) is 0. The first kappa shape index (κ1) is 11.2. The van der Waals surface area contributed by atoms with E-state index < -0.39 is 4.92 Å². The summed E-state index contributed by atoms with van der Waals surface area (Å²) < 4.78 is 0. The van der Waals surface area contributed by atoms with Crippen LogP contribution in [0.15, 0.2) is 42.5 Å². The van der Waals surface area contributed by atoms with E-state index in [0.717, 1.165) is 11.0 Å². The Hall–Kier alpha value is -2.89. The van der Waals surface area contributed by atoms with Gasteiger partial charge in [0.15, 0.2) is 0 Å². The van der Waals surface area contributed by atoms with E-state index in [0.29, 0.717) is 5.82 Å². The maximum Gasteiger partial charge on any atom is 0.280 e. The number of nitro groups is 1. The van der Waals surface area contributed by atoms with Gasteiger partial charge in [-0.05, 0) is 24.3 Å². The number of aromatic nitrogens is 2. The van der Waals surface area contributed by atoms with Crippen molar-refractivity contribution in [2.24, 2.45) is 0 Å². The molecule has 6 nitrogen and oxygen atoms in total. The Morgan fingerprint density at radius 3 is 2.74 bits per heavy atom. The molecule has 0 spiro atoms. The topological polar surface area (TPSA) is 92.1 Å². The summed E-state index contributed by atoms with van der Waals surface area (Å²) in [6.45, 7) is 0. The zero-order chi connectivity index (χ0) is 13.4. The molecule has 0 radical (unpaired) electrons. The highest BCUT2D eigenvalue weighted by Crippen LogP contribution is 2.32. The minimum atomic E-state index is -0.498. The second kappa shape index (κ2) is 4.09. The molecular formula is C13H9N3O3. The smallest absolute Gasteiger partial charge is 0.280 e. The number of benzene rings is 2. The Bertz CT molecular complexity index is 747. The highest BCUT2D eigenvalue weighted by atomic mass is 16.6. The summed E-state index contributed by atoms with van der Waals surface area (Å²) in [4.78, 5) is 17.8. The van der Waals surface area contributed by atoms with Gasteiger partial charge in [0.2, 0.25) is 0 Å². The third-order valence-corrected chi connectivity index (χ3v) is 2.82. The predicted octanol–water partition coefficient (Wildman–Crippen LogP) is 2.84. The lowest BCUT2D eigenvalue weighted by Crippen LogP contribution is -1.92. The number of para-hydroxylation sites is 2. The molecule has 3 aromatic rings. The van der Waals surface area contributed by atoms with Gasteiger partial charge in [-0.2, -0.15) is 0 Å². The third-order valence-electron chi connectivity index (χ3n) is 2.82. The number of nitrogens with zero attached hydrogens (tertiary/aromatic N) is 2. The number of nitrogens with one attached hydrogen (secondary N) is 1. The number of fused-ring (bicyclic) bond motifs is 1. The van der Waals surface area contributed by atoms with Gasteiger partial charge in [0.1, 0.15) is 11.6 Å². The first-order chi connectivity index (χ1) is 9.15. The maximum absolute atomic E-state index is 11.0. The fraction of sp³-hybridized carbons (Fsp3) is 0. The summed E-state index contributed by atoms with van der Waals surface area (Å²) >= 11 is 0. The molecule has 0 unspecified atom stereocenters. The molecule has 19 heavy (non-hydrogen) atoms. The largest absolute Gasteiger partial charge is 0.508 e. The van der Waals surface area contributed by atoms with E-state index in [9.17, 15) is 15.2 Å². The molecule has 0 saturated carbocycles. The quantitative estimate of drug-likeness (QED) is 0.544. The van der Waals surface area contributed by atoms with Crippen molar-refractivity contribution in [1.29, 1.82) is 0 Å². The number of aromatic hydroxyl groups is 1. The van der Waals surface area contributed by atoms with Crippen molar-refractivity contribution >= 4 is 16.7 Å². The average Bonchev–Trinajstić information content (AvgIpc) is 2.81. The third kappa shape index (κ3) is 1.89. The van der Waals surface area contributed by atoms with Crippen LogP contribution < -0.4 is 0 Å². The number of nitro benzene ring substituents is 1. The highest BCUT2D eigenvalue weighted by molar-refractivity contribution is 5.81. The molecule has 0 amide bonds. The van der Waals surface area contributed by atoms with Crippen molar-refractivity contribution in [3.05, 3.63) is 52.6 Å². The molecule has 0 aliphatic carbocycles. The van der Waals surface area contributed by atoms with Gasteiger partial charge in [-0.25, -0.2) is 4.98 Å². The number of H-pyrrole nitrogens is 1. The van der Waals surface area contributed by atoms with Gasteiger partial charge in [0.05, 0.1) is 21.5 Å². The SMILES string of the molecule is O=[N+]([O-])c1ccc(O)cc1-c1nc2ccccc2[nH]1. The lowest BCUT2D eigenvalue weighted by molar-refractivity contribution is -0.384. The van der Waals surface area contributed by atoms with Crippen molar-refractivity contribution in [2.45, 2.75) is 0 Å². The lowest BCUT2D eigenvalue weighted by atomic mass is 10.1. The highest BCUT2D eigenvalue weighted by Gasteiger charge is 2.18. The molecule has 0 bridgehead atoms. The van der Waals surface area contributed by atoms with Crippen molar-refractivity contribution in [3.63, 3.8) is 0 Å². The molecule has 94 valence electrons. The number of phenolic OH excluding ortho intramolecular Hbond substituents is 1. The van der Waals surface area contributed by atoms with Crippen molar-refractivity contribution in [3.8, 4) is 17.1 Å². The fourth-order valence-corrected chi connectivity index (χ4v) is 1.95. The summed E-state index contributed by atoms with van der Waals surface area (Å²) in [6, 6.07) is 11.2. The molecule has 0 aliphatic rings. The zero-order valence-electron chi connectivity index (χ0n) is 9.70. The molecule has 6 heteroatoms. The summed E-state index contributed by atoms with van der Waals surface area (Å²) in [5.74, 6) is 0.324. The molecule has 0 aliphatic heterocycles. The molecule has 3 rings (SSSR count). The lowest BCUT2D eigenvalue weighted by Gasteiger charge is -2.00. The zero-order valence-corrected chi connectivity index (χ0v) is 9.70. The molecule has 0 atom stereocenters. The summed E-state index contributed by atoms with van der Waals surface area (Å²) in [6.07, 6.45) is 0. The second-order valence-electron chi connectivity index (χ2n) is 4.06. The van der Waals surface area contributed by atoms with E-state index in [4.69, 9.17) is 0 Å². The minimum Gasteiger partial charge on any atom is -0.508 e. The molecular weight excluding hydrogens is 246 g/mol. The van der Waals surface area contributed by atoms with Crippen molar-refractivity contribution in [1.82, 2.24) is 9.97 Å². The number of imidazole rings is 1. The maximum atomic E-state index is 11.0. The van der Waals surface area contributed by atoms with Crippen LogP contribution in [-0.4, -0.2) is 20.0 Å². The molecule has 1 aromatic heterocycles. The molecule has 2 aromatic carbocycles. The van der Waals surface area contributed by atoms with E-state index >= 15 is 0 Å². The van der Waals surface area contributed by atoms with Crippen LogP contribution in [0.1, 0.15) is 0 Å². The summed E-state index contributed by atoms with van der Waals surface area (Å²) in [5, 5.41) is 20.5. The Morgan fingerprint density at radius 2 is 2.00 bits per heavy atom. The van der Waals surface area contributed by atoms with E-state index in [2.05, 4.69) is 9.97 Å². The van der Waals surface area contributed by atoms with Gasteiger partial charge in [0, 0.05) is 6.07 Å². The van der Waals surface area contributed by atoms with Crippen LogP contribution >= 0.6 is 0 Å². The fourth-order valence-electron chi connectivity index (χ4n) is 1.95. The average molecular weight is 255 g/mol. The first-order valence-electron chi connectivity index (χ1n) is 5.57. The Labute approximate surface area is 107 Å². The number of aromatic amines is 1. The normalized spacial score (nSPS) is 10.7. The standard InChI is InChI=1S/C13H9N3O3/c17-8-5-6-12(16(18)19)9(7-8)13-14-10-3-1-2-4-11(10)15-13/h1-7,17H,(H,14,15). The van der Waals surface area contributed by atoms with Gasteiger partial charge in [-0.1, -0.05) is 12.1 Å². The molecule has 1 heterocycles. The number of phenols is 1. The summed E-state index contributed by atoms with van der Waals surface area (Å²) in [5.41, 5.74) is 1.67. The number of rotatable bonds is 2. The van der Waals surface area contributed by atoms with Gasteiger partial charge < -0.3 is 10.1 Å². The van der Waals surface area contributed by atoms with Crippen LogP contribution in [0.25, 0.3) is 22.4 Å². The minimum absolute atomic E-state index is 0.0407. The Morgan fingerprint density at radius 1 is 1.21 bits per heavy atom. The van der Waals surface area contributed by atoms with Crippen LogP contribution in [0.2, 0.25) is 0 Å². The van der Waals surface area contributed by atoms with E-state index in [1.165, 1.54) is 18.2 Å². The van der Waals surface area contributed by atoms with E-state index in [-0.39, 0.29) is 17.0 Å². The van der Waals surface area contributed by atoms with Crippen molar-refractivity contribution < 1.29 is 10.0 Å². The van der Waals surface area contributed by atoms with E-state index in [1.54, 1.807) is 0 Å². The van der Waals surface area contributed by atoms with Gasteiger partial charge >= 0.3 is 0 Å². The van der Waals surface area contributed by atoms with Gasteiger partial charge in [-0.3, -0.25) is 10.1 Å². The van der Waals surface area contributed by atoms with Crippen molar-refractivity contribution in [2.75, 3.05) is 0 Å². The second-order valence-corrected chi connectivity index (χ2v) is 4.06. The molecule has 0 saturated heterocycles.